The van der Waals surface area contributed by atoms with Gasteiger partial charge in [0.1, 0.15) is 0 Å². The highest BCUT2D eigenvalue weighted by Crippen LogP contribution is 2.33. The van der Waals surface area contributed by atoms with Crippen molar-refractivity contribution in [2.24, 2.45) is 5.10 Å². The molecule has 0 aliphatic carbocycles. The zero-order chi connectivity index (χ0) is 19.2. The molecular formula is C22H24N2O3. The maximum Gasteiger partial charge on any atom is 0.303 e. The first kappa shape index (κ1) is 18.8. The van der Waals surface area contributed by atoms with Crippen LogP contribution in [0.15, 0.2) is 59.7 Å². The molecule has 0 aromatic heterocycles. The lowest BCUT2D eigenvalue weighted by atomic mass is 9.97. The van der Waals surface area contributed by atoms with Gasteiger partial charge in [-0.3, -0.25) is 9.59 Å². The topological polar surface area (TPSA) is 70.0 Å². The monoisotopic (exact) mass is 364 g/mol. The number of carbonyl (C=O) groups excluding carboxylic acids is 1. The molecule has 5 heteroatoms. The van der Waals surface area contributed by atoms with Crippen molar-refractivity contribution in [1.29, 1.82) is 0 Å². The molecule has 0 bridgehead atoms. The van der Waals surface area contributed by atoms with Crippen LogP contribution in [0.3, 0.4) is 0 Å². The van der Waals surface area contributed by atoms with Crippen LogP contribution in [0.1, 0.15) is 55.3 Å². The van der Waals surface area contributed by atoms with Crippen molar-refractivity contribution in [3.8, 4) is 0 Å². The summed E-state index contributed by atoms with van der Waals surface area (Å²) < 4.78 is 0. The Morgan fingerprint density at radius 3 is 2.41 bits per heavy atom. The van der Waals surface area contributed by atoms with Crippen LogP contribution in [0, 0.1) is 0 Å². The van der Waals surface area contributed by atoms with Gasteiger partial charge >= 0.3 is 5.97 Å². The van der Waals surface area contributed by atoms with Gasteiger partial charge in [-0.15, -0.1) is 0 Å². The van der Waals surface area contributed by atoms with Crippen molar-refractivity contribution in [1.82, 2.24) is 5.01 Å². The first-order chi connectivity index (χ1) is 13.1. The van der Waals surface area contributed by atoms with Crippen molar-refractivity contribution >= 4 is 17.6 Å². The number of hydrazone groups is 1. The Morgan fingerprint density at radius 1 is 1.07 bits per heavy atom. The fourth-order valence-corrected chi connectivity index (χ4v) is 3.29. The van der Waals surface area contributed by atoms with E-state index < -0.39 is 5.97 Å². The van der Waals surface area contributed by atoms with Crippen LogP contribution in [0.2, 0.25) is 0 Å². The van der Waals surface area contributed by atoms with Gasteiger partial charge in [-0.1, -0.05) is 61.5 Å². The minimum Gasteiger partial charge on any atom is -0.481 e. The highest BCUT2D eigenvalue weighted by molar-refractivity contribution is 6.03. The largest absolute Gasteiger partial charge is 0.481 e. The molecular weight excluding hydrogens is 340 g/mol. The highest BCUT2D eigenvalue weighted by Gasteiger charge is 2.32. The highest BCUT2D eigenvalue weighted by atomic mass is 16.4. The van der Waals surface area contributed by atoms with E-state index in [4.69, 9.17) is 5.11 Å². The summed E-state index contributed by atoms with van der Waals surface area (Å²) in [6.07, 6.45) is 2.11. The molecule has 0 spiro atoms. The number of aryl methyl sites for hydroxylation is 1. The molecule has 2 aromatic carbocycles. The second-order valence-corrected chi connectivity index (χ2v) is 6.71. The smallest absolute Gasteiger partial charge is 0.303 e. The van der Waals surface area contributed by atoms with E-state index in [0.29, 0.717) is 12.8 Å². The van der Waals surface area contributed by atoms with Crippen LogP contribution in [0.5, 0.6) is 0 Å². The number of carbonyl (C=O) groups is 2. The van der Waals surface area contributed by atoms with E-state index in [1.807, 2.05) is 30.3 Å². The molecule has 0 fully saturated rings. The maximum atomic E-state index is 12.7. The van der Waals surface area contributed by atoms with Crippen molar-refractivity contribution in [2.75, 3.05) is 0 Å². The van der Waals surface area contributed by atoms with E-state index in [-0.39, 0.29) is 24.8 Å². The van der Waals surface area contributed by atoms with Gasteiger partial charge < -0.3 is 5.11 Å². The van der Waals surface area contributed by atoms with Crippen LogP contribution >= 0.6 is 0 Å². The van der Waals surface area contributed by atoms with Gasteiger partial charge in [0.2, 0.25) is 5.91 Å². The molecule has 0 radical (unpaired) electrons. The molecule has 1 aliphatic rings. The van der Waals surface area contributed by atoms with Crippen molar-refractivity contribution in [3.05, 3.63) is 71.3 Å². The number of benzene rings is 2. The summed E-state index contributed by atoms with van der Waals surface area (Å²) in [5, 5.41) is 15.0. The average molecular weight is 364 g/mol. The summed E-state index contributed by atoms with van der Waals surface area (Å²) in [6.45, 7) is 2.11. The Balaban J connectivity index is 1.83. The van der Waals surface area contributed by atoms with Crippen LogP contribution in [-0.2, 0) is 16.0 Å². The van der Waals surface area contributed by atoms with E-state index in [9.17, 15) is 9.59 Å². The van der Waals surface area contributed by atoms with Crippen molar-refractivity contribution in [3.63, 3.8) is 0 Å². The predicted octanol–water partition coefficient (Wildman–Crippen LogP) is 4.18. The number of nitrogens with zero attached hydrogens (tertiary/aromatic N) is 2. The number of amides is 1. The normalized spacial score (nSPS) is 16.3. The second-order valence-electron chi connectivity index (χ2n) is 6.71. The molecule has 140 valence electrons. The Kier molecular flexibility index (Phi) is 6.01. The van der Waals surface area contributed by atoms with Crippen LogP contribution in [0.4, 0.5) is 0 Å². The summed E-state index contributed by atoms with van der Waals surface area (Å²) in [7, 11) is 0. The number of hydrogen-bond acceptors (Lipinski definition) is 3. The van der Waals surface area contributed by atoms with Gasteiger partial charge in [0.15, 0.2) is 0 Å². The van der Waals surface area contributed by atoms with Gasteiger partial charge in [0, 0.05) is 19.3 Å². The molecule has 0 saturated heterocycles. The van der Waals surface area contributed by atoms with E-state index in [1.54, 1.807) is 5.01 Å². The molecule has 1 atom stereocenters. The molecule has 27 heavy (non-hydrogen) atoms. The first-order valence-corrected chi connectivity index (χ1v) is 9.34. The molecule has 3 rings (SSSR count). The van der Waals surface area contributed by atoms with Crippen LogP contribution in [-0.4, -0.2) is 27.7 Å². The summed E-state index contributed by atoms with van der Waals surface area (Å²) in [6, 6.07) is 18.0. The molecule has 1 N–H and O–H groups in total. The van der Waals surface area contributed by atoms with Gasteiger partial charge in [-0.05, 0) is 29.5 Å². The van der Waals surface area contributed by atoms with Crippen molar-refractivity contribution < 1.29 is 14.7 Å². The summed E-state index contributed by atoms with van der Waals surface area (Å²) in [5.74, 6) is -1.02. The number of carboxylic acids is 1. The van der Waals surface area contributed by atoms with Gasteiger partial charge in [0.05, 0.1) is 11.8 Å². The van der Waals surface area contributed by atoms with Gasteiger partial charge in [-0.2, -0.15) is 5.10 Å². The summed E-state index contributed by atoms with van der Waals surface area (Å²) in [5.41, 5.74) is 4.19. The third-order valence-corrected chi connectivity index (χ3v) is 4.83. The molecule has 5 nitrogen and oxygen atoms in total. The molecule has 1 heterocycles. The fraction of sp³-hybridized carbons (Fsp3) is 0.318. The van der Waals surface area contributed by atoms with Crippen LogP contribution in [0.25, 0.3) is 0 Å². The maximum absolute atomic E-state index is 12.7. The average Bonchev–Trinajstić information content (AvgIpc) is 3.14. The number of aliphatic carboxylic acids is 1. The molecule has 0 unspecified atom stereocenters. The molecule has 1 aliphatic heterocycles. The summed E-state index contributed by atoms with van der Waals surface area (Å²) >= 11 is 0. The predicted molar refractivity (Wildman–Crippen MR) is 104 cm³/mol. The minimum atomic E-state index is -0.885. The number of carboxylic acid groups (broad SMARTS) is 1. The van der Waals surface area contributed by atoms with E-state index in [0.717, 1.165) is 23.3 Å². The third kappa shape index (κ3) is 4.61. The Bertz CT molecular complexity index is 828. The SMILES string of the molecule is CCc1ccc([C@H]2CC(c3ccccc3)=NN2C(=O)CCCC(=O)O)cc1. The fourth-order valence-electron chi connectivity index (χ4n) is 3.29. The van der Waals surface area contributed by atoms with E-state index in [2.05, 4.69) is 36.3 Å². The molecule has 0 saturated carbocycles. The lowest BCUT2D eigenvalue weighted by molar-refractivity contribution is -0.137. The second kappa shape index (κ2) is 8.62. The molecule has 2 aromatic rings. The molecule has 1 amide bonds. The minimum absolute atomic E-state index is 0.00923. The first-order valence-electron chi connectivity index (χ1n) is 9.34. The van der Waals surface area contributed by atoms with Gasteiger partial charge in [-0.25, -0.2) is 5.01 Å². The number of rotatable bonds is 7. The third-order valence-electron chi connectivity index (χ3n) is 4.83. The lowest BCUT2D eigenvalue weighted by Crippen LogP contribution is -2.27. The zero-order valence-electron chi connectivity index (χ0n) is 15.5. The Morgan fingerprint density at radius 2 is 1.78 bits per heavy atom. The number of hydrogen-bond donors (Lipinski definition) is 1. The Labute approximate surface area is 159 Å². The lowest BCUT2D eigenvalue weighted by Gasteiger charge is -2.22. The standard InChI is InChI=1S/C22H24N2O3/c1-2-16-11-13-18(14-12-16)20-15-19(17-7-4-3-5-8-17)23-24(20)21(25)9-6-10-22(26)27/h3-5,7-8,11-14,20H,2,6,9-10,15H2,1H3,(H,26,27)/t20-/m1/s1. The zero-order valence-corrected chi connectivity index (χ0v) is 15.5. The Hall–Kier alpha value is -2.95. The van der Waals surface area contributed by atoms with E-state index >= 15 is 0 Å². The van der Waals surface area contributed by atoms with Crippen molar-refractivity contribution in [2.45, 2.75) is 45.1 Å². The van der Waals surface area contributed by atoms with Crippen LogP contribution < -0.4 is 0 Å². The van der Waals surface area contributed by atoms with E-state index in [1.165, 1.54) is 5.56 Å². The quantitative estimate of drug-likeness (QED) is 0.801. The van der Waals surface area contributed by atoms with Gasteiger partial charge in [0.25, 0.3) is 0 Å². The summed E-state index contributed by atoms with van der Waals surface area (Å²) in [4.78, 5) is 23.5.